The summed E-state index contributed by atoms with van der Waals surface area (Å²) >= 11 is 0.341. The average Bonchev–Trinajstić information content (AvgIpc) is 3.00. The second kappa shape index (κ2) is 5.11. The van der Waals surface area contributed by atoms with Gasteiger partial charge in [-0.05, 0) is 0 Å². The maximum atomic E-state index is 5.38. The summed E-state index contributed by atoms with van der Waals surface area (Å²) in [4.78, 5) is 0. The van der Waals surface area contributed by atoms with Crippen LogP contribution >= 0.6 is 0 Å². The maximum absolute atomic E-state index is 5.38. The molecule has 0 amide bonds. The molecule has 116 valence electrons. The second-order valence-corrected chi connectivity index (χ2v) is 8.44. The summed E-state index contributed by atoms with van der Waals surface area (Å²) in [6.45, 7) is 2.16. The van der Waals surface area contributed by atoms with Gasteiger partial charge in [0.15, 0.2) is 0 Å². The molecular formula is C22H16OSe. The van der Waals surface area contributed by atoms with E-state index in [9.17, 15) is 0 Å². The molecule has 24 heavy (non-hydrogen) atoms. The van der Waals surface area contributed by atoms with Crippen LogP contribution in [0.2, 0.25) is 0 Å². The zero-order valence-corrected chi connectivity index (χ0v) is 15.3. The zero-order valence-electron chi connectivity index (χ0n) is 13.6. The van der Waals surface area contributed by atoms with Crippen molar-refractivity contribution in [3.8, 4) is 5.75 Å². The van der Waals surface area contributed by atoms with Gasteiger partial charge in [-0.2, -0.15) is 0 Å². The van der Waals surface area contributed by atoms with Crippen molar-refractivity contribution in [2.24, 2.45) is 0 Å². The Hall–Kier alpha value is -2.28. The third-order valence-electron chi connectivity index (χ3n) is 4.80. The van der Waals surface area contributed by atoms with Crippen LogP contribution < -0.4 is 4.74 Å². The zero-order chi connectivity index (χ0) is 16.3. The Labute approximate surface area is 146 Å². The molecule has 0 radical (unpaired) electrons. The molecule has 0 atom stereocenters. The van der Waals surface area contributed by atoms with Crippen molar-refractivity contribution in [3.63, 3.8) is 0 Å². The first kappa shape index (κ1) is 14.1. The van der Waals surface area contributed by atoms with E-state index in [1.165, 1.54) is 46.4 Å². The normalized spacial score (nSPS) is 11.8. The molecule has 0 aliphatic heterocycles. The third-order valence-corrected chi connectivity index (χ3v) is 7.50. The quantitative estimate of drug-likeness (QED) is 0.343. The van der Waals surface area contributed by atoms with Gasteiger partial charge in [-0.25, -0.2) is 0 Å². The molecule has 0 fully saturated rings. The number of hydrogen-bond acceptors (Lipinski definition) is 1. The molecule has 0 saturated carbocycles. The summed E-state index contributed by atoms with van der Waals surface area (Å²) in [5.74, 6) is 0.923. The Balaban J connectivity index is 1.95. The molecule has 5 rings (SSSR count). The summed E-state index contributed by atoms with van der Waals surface area (Å²) in [6.07, 6.45) is 0. The summed E-state index contributed by atoms with van der Waals surface area (Å²) in [5, 5.41) is 8.22. The van der Waals surface area contributed by atoms with Gasteiger partial charge >= 0.3 is 146 Å². The number of methoxy groups -OCH3 is 1. The van der Waals surface area contributed by atoms with Gasteiger partial charge < -0.3 is 0 Å². The summed E-state index contributed by atoms with van der Waals surface area (Å²) in [7, 11) is 1.72. The Bertz CT molecular complexity index is 1250. The van der Waals surface area contributed by atoms with Gasteiger partial charge in [-0.1, -0.05) is 0 Å². The van der Waals surface area contributed by atoms with E-state index < -0.39 is 0 Å². The Morgan fingerprint density at radius 2 is 1.25 bits per heavy atom. The Morgan fingerprint density at radius 3 is 1.92 bits per heavy atom. The van der Waals surface area contributed by atoms with Crippen molar-refractivity contribution >= 4 is 55.3 Å². The molecule has 0 spiro atoms. The number of ether oxygens (including phenoxy) is 1. The molecule has 0 aliphatic rings. The fourth-order valence-corrected chi connectivity index (χ4v) is 6.45. The van der Waals surface area contributed by atoms with E-state index in [1.807, 2.05) is 0 Å². The molecule has 2 heteroatoms. The summed E-state index contributed by atoms with van der Waals surface area (Å²) < 4.78 is 8.41. The summed E-state index contributed by atoms with van der Waals surface area (Å²) in [5.41, 5.74) is 1.32. The number of benzene rings is 4. The van der Waals surface area contributed by atoms with Gasteiger partial charge in [0.05, 0.1) is 0 Å². The second-order valence-electron chi connectivity index (χ2n) is 6.30. The van der Waals surface area contributed by atoms with Gasteiger partial charge in [-0.15, -0.1) is 0 Å². The summed E-state index contributed by atoms with van der Waals surface area (Å²) in [6, 6.07) is 22.3. The molecular weight excluding hydrogens is 359 g/mol. The van der Waals surface area contributed by atoms with Crippen molar-refractivity contribution in [2.45, 2.75) is 6.92 Å². The standard InChI is InChI=1S/C22H16OSe/c1-13-3-7-17-14(11-13)4-8-19-20-9-5-15-12-16(23-2)6-10-18(15)22(20)24-21(17)19/h3-12H,1-2H3. The van der Waals surface area contributed by atoms with Gasteiger partial charge in [0, 0.05) is 0 Å². The van der Waals surface area contributed by atoms with E-state index in [0.29, 0.717) is 14.5 Å². The van der Waals surface area contributed by atoms with Crippen LogP contribution in [0.25, 0.3) is 40.8 Å². The molecule has 0 unspecified atom stereocenters. The number of fused-ring (bicyclic) bond motifs is 7. The molecule has 1 nitrogen and oxygen atoms in total. The topological polar surface area (TPSA) is 9.23 Å². The van der Waals surface area contributed by atoms with Crippen molar-refractivity contribution in [3.05, 3.63) is 66.2 Å². The van der Waals surface area contributed by atoms with Crippen LogP contribution in [0.15, 0.2) is 60.7 Å². The van der Waals surface area contributed by atoms with Gasteiger partial charge in [0.1, 0.15) is 0 Å². The van der Waals surface area contributed by atoms with E-state index in [0.717, 1.165) is 5.75 Å². The molecule has 4 aromatic carbocycles. The van der Waals surface area contributed by atoms with Crippen LogP contribution in [0.1, 0.15) is 5.56 Å². The number of hydrogen-bond donors (Lipinski definition) is 0. The van der Waals surface area contributed by atoms with Crippen molar-refractivity contribution in [2.75, 3.05) is 7.11 Å². The Kier molecular flexibility index (Phi) is 3.00. The average molecular weight is 375 g/mol. The van der Waals surface area contributed by atoms with Crippen LogP contribution in [-0.4, -0.2) is 21.6 Å². The van der Waals surface area contributed by atoms with Crippen molar-refractivity contribution in [1.29, 1.82) is 0 Å². The molecule has 1 aromatic heterocycles. The van der Waals surface area contributed by atoms with Crippen LogP contribution in [0.3, 0.4) is 0 Å². The predicted molar refractivity (Wildman–Crippen MR) is 105 cm³/mol. The minimum atomic E-state index is 0.341. The van der Waals surface area contributed by atoms with E-state index in [1.54, 1.807) is 7.11 Å². The van der Waals surface area contributed by atoms with Gasteiger partial charge in [0.2, 0.25) is 0 Å². The van der Waals surface area contributed by atoms with Crippen LogP contribution in [0.5, 0.6) is 5.75 Å². The van der Waals surface area contributed by atoms with E-state index >= 15 is 0 Å². The molecule has 0 saturated heterocycles. The Morgan fingerprint density at radius 1 is 0.667 bits per heavy atom. The molecule has 1 heterocycles. The SMILES string of the molecule is COc1ccc2c(ccc3c4ccc5cc(C)ccc5c4[se]c23)c1. The molecule has 0 bridgehead atoms. The fraction of sp³-hybridized carbons (Fsp3) is 0.0909. The van der Waals surface area contributed by atoms with E-state index in [4.69, 9.17) is 4.74 Å². The molecule has 0 N–H and O–H groups in total. The van der Waals surface area contributed by atoms with Crippen molar-refractivity contribution in [1.82, 2.24) is 0 Å². The predicted octanol–water partition coefficient (Wildman–Crippen LogP) is 5.67. The van der Waals surface area contributed by atoms with Crippen LogP contribution in [0.4, 0.5) is 0 Å². The first-order valence-electron chi connectivity index (χ1n) is 8.07. The van der Waals surface area contributed by atoms with Crippen LogP contribution in [-0.2, 0) is 0 Å². The van der Waals surface area contributed by atoms with Crippen LogP contribution in [0, 0.1) is 6.92 Å². The first-order chi connectivity index (χ1) is 11.7. The third kappa shape index (κ3) is 1.94. The van der Waals surface area contributed by atoms with Gasteiger partial charge in [0.25, 0.3) is 0 Å². The first-order valence-corrected chi connectivity index (χ1v) is 9.78. The number of rotatable bonds is 1. The van der Waals surface area contributed by atoms with Crippen molar-refractivity contribution < 1.29 is 4.74 Å². The van der Waals surface area contributed by atoms with E-state index in [2.05, 4.69) is 67.6 Å². The number of aryl methyl sites for hydroxylation is 1. The molecule has 5 aromatic rings. The fourth-order valence-electron chi connectivity index (χ4n) is 3.57. The van der Waals surface area contributed by atoms with E-state index in [-0.39, 0.29) is 0 Å². The minimum absolute atomic E-state index is 0.341. The molecule has 0 aliphatic carbocycles. The van der Waals surface area contributed by atoms with Gasteiger partial charge in [-0.3, -0.25) is 0 Å². The monoisotopic (exact) mass is 376 g/mol.